The molecule has 24 heavy (non-hydrogen) atoms. The molecule has 0 saturated heterocycles. The number of aliphatic hydroxyl groups is 1. The molecule has 8 heteroatoms. The third-order valence-electron chi connectivity index (χ3n) is 3.40. The maximum absolute atomic E-state index is 10.2. The average Bonchev–Trinajstić information content (AvgIpc) is 2.99. The number of rotatable bonds is 6. The lowest BCUT2D eigenvalue weighted by Crippen LogP contribution is -2.33. The number of fused-ring (bicyclic) bond motifs is 1. The summed E-state index contributed by atoms with van der Waals surface area (Å²) in [5.41, 5.74) is 0.749. The van der Waals surface area contributed by atoms with Crippen molar-refractivity contribution in [2.75, 3.05) is 25.1 Å². The number of anilines is 1. The average molecular weight is 367 g/mol. The van der Waals surface area contributed by atoms with E-state index in [1.807, 2.05) is 30.3 Å². The minimum Gasteiger partial charge on any atom is -0.491 e. The van der Waals surface area contributed by atoms with Gasteiger partial charge >= 0.3 is 0 Å². The van der Waals surface area contributed by atoms with Gasteiger partial charge in [-0.3, -0.25) is 0 Å². The number of ether oxygens (including phenoxy) is 1. The van der Waals surface area contributed by atoms with Gasteiger partial charge in [0.2, 0.25) is 0 Å². The summed E-state index contributed by atoms with van der Waals surface area (Å²) in [6.45, 7) is 0.488. The van der Waals surface area contributed by atoms with E-state index in [0.29, 0.717) is 22.3 Å². The van der Waals surface area contributed by atoms with Gasteiger partial charge in [-0.15, -0.1) is 0 Å². The largest absolute Gasteiger partial charge is 0.491 e. The summed E-state index contributed by atoms with van der Waals surface area (Å²) >= 11 is 11.8. The predicted molar refractivity (Wildman–Crippen MR) is 94.2 cm³/mol. The van der Waals surface area contributed by atoms with Crippen molar-refractivity contribution in [2.24, 2.45) is 0 Å². The zero-order valence-corrected chi connectivity index (χ0v) is 14.4. The zero-order valence-electron chi connectivity index (χ0n) is 12.9. The van der Waals surface area contributed by atoms with Crippen molar-refractivity contribution in [2.45, 2.75) is 6.10 Å². The van der Waals surface area contributed by atoms with E-state index >= 15 is 0 Å². The SMILES string of the molecule is CN(CC(O)COc1cc(Cl)cc(Cl)c1)c1ccn2nccc2n1. The highest BCUT2D eigenvalue weighted by Gasteiger charge is 2.12. The fourth-order valence-corrected chi connectivity index (χ4v) is 2.79. The Bertz CT molecular complexity index is 820. The molecule has 3 aromatic rings. The van der Waals surface area contributed by atoms with Crippen LogP contribution in [-0.4, -0.2) is 46.0 Å². The topological polar surface area (TPSA) is 62.9 Å². The van der Waals surface area contributed by atoms with Crippen LogP contribution in [0.3, 0.4) is 0 Å². The fourth-order valence-electron chi connectivity index (χ4n) is 2.28. The van der Waals surface area contributed by atoms with E-state index in [1.165, 1.54) is 0 Å². The maximum atomic E-state index is 10.2. The number of nitrogens with zero attached hydrogens (tertiary/aromatic N) is 4. The Morgan fingerprint density at radius 1 is 1.25 bits per heavy atom. The highest BCUT2D eigenvalue weighted by atomic mass is 35.5. The number of benzene rings is 1. The van der Waals surface area contributed by atoms with Gasteiger partial charge in [0.05, 0.1) is 6.20 Å². The normalized spacial score (nSPS) is 12.3. The quantitative estimate of drug-likeness (QED) is 0.726. The number of aliphatic hydroxyl groups excluding tert-OH is 1. The van der Waals surface area contributed by atoms with Gasteiger partial charge in [-0.1, -0.05) is 23.2 Å². The van der Waals surface area contributed by atoms with E-state index in [1.54, 1.807) is 28.9 Å². The van der Waals surface area contributed by atoms with Crippen LogP contribution >= 0.6 is 23.2 Å². The summed E-state index contributed by atoms with van der Waals surface area (Å²) in [5.74, 6) is 1.26. The standard InChI is InChI=1S/C16H16Cl2N4O2/c1-21(15-3-5-22-16(20-15)2-4-19-22)9-13(23)10-24-14-7-11(17)6-12(18)8-14/h2-8,13,23H,9-10H2,1H3. The number of halogens is 2. The van der Waals surface area contributed by atoms with Crippen LogP contribution in [-0.2, 0) is 0 Å². The number of hydrogen-bond donors (Lipinski definition) is 1. The van der Waals surface area contributed by atoms with E-state index in [-0.39, 0.29) is 6.61 Å². The Kier molecular flexibility index (Phi) is 5.08. The van der Waals surface area contributed by atoms with Crippen LogP contribution < -0.4 is 9.64 Å². The first-order valence-corrected chi connectivity index (χ1v) is 8.05. The minimum absolute atomic E-state index is 0.121. The minimum atomic E-state index is -0.698. The van der Waals surface area contributed by atoms with E-state index < -0.39 is 6.10 Å². The van der Waals surface area contributed by atoms with Gasteiger partial charge in [-0.25, -0.2) is 9.50 Å². The molecule has 0 amide bonds. The van der Waals surface area contributed by atoms with Gasteiger partial charge in [0.15, 0.2) is 5.65 Å². The summed E-state index contributed by atoms with van der Waals surface area (Å²) < 4.78 is 7.22. The molecule has 0 aliphatic heterocycles. The molecule has 1 N–H and O–H groups in total. The van der Waals surface area contributed by atoms with Crippen LogP contribution in [0.1, 0.15) is 0 Å². The highest BCUT2D eigenvalue weighted by Crippen LogP contribution is 2.24. The molecule has 2 heterocycles. The molecule has 0 fully saturated rings. The molecule has 1 atom stereocenters. The van der Waals surface area contributed by atoms with E-state index in [0.717, 1.165) is 11.5 Å². The highest BCUT2D eigenvalue weighted by molar-refractivity contribution is 6.34. The van der Waals surface area contributed by atoms with Crippen molar-refractivity contribution in [3.63, 3.8) is 0 Å². The Morgan fingerprint density at radius 3 is 2.75 bits per heavy atom. The third-order valence-corrected chi connectivity index (χ3v) is 3.83. The molecular formula is C16H16Cl2N4O2. The van der Waals surface area contributed by atoms with Crippen LogP contribution in [0.25, 0.3) is 5.65 Å². The predicted octanol–water partition coefficient (Wildman–Crippen LogP) is 2.91. The maximum Gasteiger partial charge on any atom is 0.157 e. The summed E-state index contributed by atoms with van der Waals surface area (Å²) in [6, 6.07) is 8.58. The molecule has 0 spiro atoms. The third kappa shape index (κ3) is 4.08. The lowest BCUT2D eigenvalue weighted by atomic mass is 10.3. The molecule has 0 aliphatic rings. The van der Waals surface area contributed by atoms with E-state index in [4.69, 9.17) is 27.9 Å². The molecule has 0 aliphatic carbocycles. The van der Waals surface area contributed by atoms with Crippen molar-refractivity contribution < 1.29 is 9.84 Å². The summed E-state index contributed by atoms with van der Waals surface area (Å²) in [7, 11) is 1.86. The second-order valence-corrected chi connectivity index (χ2v) is 6.24. The molecule has 126 valence electrons. The molecule has 1 unspecified atom stereocenters. The first-order chi connectivity index (χ1) is 11.5. The Balaban J connectivity index is 1.58. The summed E-state index contributed by atoms with van der Waals surface area (Å²) in [5, 5.41) is 15.3. The summed E-state index contributed by atoms with van der Waals surface area (Å²) in [6.07, 6.45) is 2.81. The Labute approximate surface area is 149 Å². The van der Waals surface area contributed by atoms with Gasteiger partial charge in [-0.05, 0) is 24.3 Å². The van der Waals surface area contributed by atoms with E-state index in [2.05, 4.69) is 10.1 Å². The molecule has 0 saturated carbocycles. The molecule has 0 bridgehead atoms. The molecule has 1 aromatic carbocycles. The van der Waals surface area contributed by atoms with Gasteiger partial charge in [-0.2, -0.15) is 5.10 Å². The molecule has 6 nitrogen and oxygen atoms in total. The van der Waals surface area contributed by atoms with Crippen LogP contribution in [0.4, 0.5) is 5.82 Å². The number of likely N-dealkylation sites (N-methyl/N-ethyl adjacent to an activating group) is 1. The Morgan fingerprint density at radius 2 is 2.00 bits per heavy atom. The van der Waals surface area contributed by atoms with Gasteiger partial charge in [0.1, 0.15) is 24.3 Å². The first-order valence-electron chi connectivity index (χ1n) is 7.30. The molecule has 0 radical (unpaired) electrons. The van der Waals surface area contributed by atoms with Crippen molar-refractivity contribution in [1.29, 1.82) is 0 Å². The van der Waals surface area contributed by atoms with Crippen LogP contribution in [0.5, 0.6) is 5.75 Å². The van der Waals surface area contributed by atoms with Crippen molar-refractivity contribution in [3.8, 4) is 5.75 Å². The summed E-state index contributed by atoms with van der Waals surface area (Å²) in [4.78, 5) is 6.32. The smallest absolute Gasteiger partial charge is 0.157 e. The van der Waals surface area contributed by atoms with Crippen molar-refractivity contribution in [3.05, 3.63) is 52.8 Å². The fraction of sp³-hybridized carbons (Fsp3) is 0.250. The zero-order chi connectivity index (χ0) is 17.1. The number of aromatic nitrogens is 3. The van der Waals surface area contributed by atoms with Gasteiger partial charge < -0.3 is 14.7 Å². The lowest BCUT2D eigenvalue weighted by Gasteiger charge is -2.22. The monoisotopic (exact) mass is 366 g/mol. The van der Waals surface area contributed by atoms with Crippen LogP contribution in [0.2, 0.25) is 10.0 Å². The van der Waals surface area contributed by atoms with Gasteiger partial charge in [0.25, 0.3) is 0 Å². The Hall–Kier alpha value is -2.02. The van der Waals surface area contributed by atoms with Crippen molar-refractivity contribution in [1.82, 2.24) is 14.6 Å². The van der Waals surface area contributed by atoms with Crippen LogP contribution in [0.15, 0.2) is 42.7 Å². The first kappa shape index (κ1) is 16.8. The molecule has 2 aromatic heterocycles. The molecule has 3 rings (SSSR count). The lowest BCUT2D eigenvalue weighted by molar-refractivity contribution is 0.113. The van der Waals surface area contributed by atoms with E-state index in [9.17, 15) is 5.11 Å². The second kappa shape index (κ2) is 7.25. The number of hydrogen-bond acceptors (Lipinski definition) is 5. The van der Waals surface area contributed by atoms with Crippen molar-refractivity contribution >= 4 is 34.7 Å². The molecular weight excluding hydrogens is 351 g/mol. The second-order valence-electron chi connectivity index (χ2n) is 5.37. The van der Waals surface area contributed by atoms with Crippen LogP contribution in [0, 0.1) is 0 Å². The van der Waals surface area contributed by atoms with Gasteiger partial charge in [0, 0.05) is 35.9 Å².